The number of rotatable bonds is 7. The zero-order chi connectivity index (χ0) is 24.5. The van der Waals surface area contributed by atoms with Crippen LogP contribution in [0.1, 0.15) is 28.4 Å². The summed E-state index contributed by atoms with van der Waals surface area (Å²) in [4.78, 5) is 32.8. The third-order valence-electron chi connectivity index (χ3n) is 5.06. The van der Waals surface area contributed by atoms with E-state index in [9.17, 15) is 22.4 Å². The van der Waals surface area contributed by atoms with E-state index in [1.807, 2.05) is 0 Å². The minimum absolute atomic E-state index is 0.178. The molecule has 1 aromatic carbocycles. The monoisotopic (exact) mass is 482 g/mol. The molecule has 0 fully saturated rings. The molecule has 0 saturated carbocycles. The van der Waals surface area contributed by atoms with Crippen LogP contribution in [0, 0.1) is 5.82 Å². The standard InChI is InChI=1S/C22H19FN6O4S/c1-34(32,33)21-8-13(6-7-26-21)18(9-20(24)30)28-22(31)17-10-25-12-19-16(17)11-27-29(19)15-4-2-14(23)3-5-15/h2-8,10-12,18H,9H2,1H3,(H2,24,30)(H,28,31). The van der Waals surface area contributed by atoms with Crippen LogP contribution in [-0.2, 0) is 14.6 Å². The maximum atomic E-state index is 13.3. The Bertz CT molecular complexity index is 1500. The van der Waals surface area contributed by atoms with Crippen LogP contribution < -0.4 is 11.1 Å². The first-order valence-electron chi connectivity index (χ1n) is 9.96. The van der Waals surface area contributed by atoms with E-state index in [4.69, 9.17) is 5.73 Å². The lowest BCUT2D eigenvalue weighted by atomic mass is 10.0. The average Bonchev–Trinajstić information content (AvgIpc) is 3.22. The first-order valence-corrected chi connectivity index (χ1v) is 11.9. The summed E-state index contributed by atoms with van der Waals surface area (Å²) in [6.45, 7) is 0. The third kappa shape index (κ3) is 4.76. The third-order valence-corrected chi connectivity index (χ3v) is 6.05. The van der Waals surface area contributed by atoms with E-state index in [0.29, 0.717) is 22.2 Å². The fourth-order valence-corrected chi connectivity index (χ4v) is 4.05. The summed E-state index contributed by atoms with van der Waals surface area (Å²) in [6.07, 6.45) is 6.37. The highest BCUT2D eigenvalue weighted by molar-refractivity contribution is 7.90. The van der Waals surface area contributed by atoms with Crippen molar-refractivity contribution >= 4 is 32.6 Å². The predicted octanol–water partition coefficient (Wildman–Crippen LogP) is 1.70. The van der Waals surface area contributed by atoms with Gasteiger partial charge in [-0.2, -0.15) is 5.10 Å². The minimum atomic E-state index is -3.61. The molecule has 0 aliphatic carbocycles. The van der Waals surface area contributed by atoms with Crippen molar-refractivity contribution < 1.29 is 22.4 Å². The lowest BCUT2D eigenvalue weighted by Crippen LogP contribution is -2.32. The van der Waals surface area contributed by atoms with Crippen molar-refractivity contribution in [3.63, 3.8) is 0 Å². The Balaban J connectivity index is 1.69. The van der Waals surface area contributed by atoms with E-state index in [-0.39, 0.29) is 17.0 Å². The number of carbonyl (C=O) groups excluding carboxylic acids is 2. The summed E-state index contributed by atoms with van der Waals surface area (Å²) >= 11 is 0. The normalized spacial score (nSPS) is 12.4. The molecule has 0 radical (unpaired) electrons. The molecule has 2 amide bonds. The van der Waals surface area contributed by atoms with Gasteiger partial charge in [0, 0.05) is 24.0 Å². The number of aromatic nitrogens is 4. The van der Waals surface area contributed by atoms with Crippen LogP contribution in [0.15, 0.2) is 66.2 Å². The zero-order valence-corrected chi connectivity index (χ0v) is 18.7. The van der Waals surface area contributed by atoms with E-state index in [1.54, 1.807) is 12.1 Å². The number of pyridine rings is 2. The van der Waals surface area contributed by atoms with Crippen LogP contribution >= 0.6 is 0 Å². The molecular weight excluding hydrogens is 463 g/mol. The summed E-state index contributed by atoms with van der Waals surface area (Å²) in [5.74, 6) is -1.65. The summed E-state index contributed by atoms with van der Waals surface area (Å²) in [5.41, 5.74) is 6.98. The highest BCUT2D eigenvalue weighted by Crippen LogP contribution is 2.23. The van der Waals surface area contributed by atoms with Gasteiger partial charge >= 0.3 is 0 Å². The second-order valence-corrected chi connectivity index (χ2v) is 9.51. The Morgan fingerprint density at radius 2 is 1.88 bits per heavy atom. The van der Waals surface area contributed by atoms with Crippen LogP contribution in [0.2, 0.25) is 0 Å². The molecule has 3 aromatic heterocycles. The average molecular weight is 482 g/mol. The Kier molecular flexibility index (Phi) is 6.07. The van der Waals surface area contributed by atoms with Gasteiger partial charge in [0.25, 0.3) is 5.91 Å². The minimum Gasteiger partial charge on any atom is -0.370 e. The van der Waals surface area contributed by atoms with E-state index < -0.39 is 33.5 Å². The van der Waals surface area contributed by atoms with E-state index >= 15 is 0 Å². The molecule has 1 atom stereocenters. The van der Waals surface area contributed by atoms with Gasteiger partial charge in [0.05, 0.1) is 41.6 Å². The van der Waals surface area contributed by atoms with Gasteiger partial charge in [-0.25, -0.2) is 22.5 Å². The van der Waals surface area contributed by atoms with Gasteiger partial charge in [0.2, 0.25) is 5.91 Å². The van der Waals surface area contributed by atoms with Crippen LogP contribution in [0.5, 0.6) is 0 Å². The van der Waals surface area contributed by atoms with Crippen molar-refractivity contribution in [1.29, 1.82) is 0 Å². The number of amides is 2. The maximum absolute atomic E-state index is 13.3. The number of benzene rings is 1. The summed E-state index contributed by atoms with van der Waals surface area (Å²) in [6, 6.07) is 7.54. The topological polar surface area (TPSA) is 150 Å². The smallest absolute Gasteiger partial charge is 0.254 e. The molecule has 12 heteroatoms. The number of hydrogen-bond donors (Lipinski definition) is 2. The quantitative estimate of drug-likeness (QED) is 0.407. The van der Waals surface area contributed by atoms with Crippen LogP contribution in [0.25, 0.3) is 16.6 Å². The summed E-state index contributed by atoms with van der Waals surface area (Å²) in [5, 5.41) is 7.28. The Morgan fingerprint density at radius 3 is 2.56 bits per heavy atom. The predicted molar refractivity (Wildman–Crippen MR) is 120 cm³/mol. The molecule has 1 unspecified atom stereocenters. The number of carbonyl (C=O) groups is 2. The second-order valence-electron chi connectivity index (χ2n) is 7.55. The number of halogens is 1. The fourth-order valence-electron chi connectivity index (χ4n) is 3.44. The fraction of sp³-hybridized carbons (Fsp3) is 0.136. The van der Waals surface area contributed by atoms with E-state index in [2.05, 4.69) is 20.4 Å². The van der Waals surface area contributed by atoms with Crippen molar-refractivity contribution in [2.75, 3.05) is 6.26 Å². The first kappa shape index (κ1) is 23.0. The van der Waals surface area contributed by atoms with Crippen LogP contribution in [-0.4, -0.2) is 46.2 Å². The molecule has 3 heterocycles. The molecule has 4 aromatic rings. The zero-order valence-electron chi connectivity index (χ0n) is 17.8. The van der Waals surface area contributed by atoms with Gasteiger partial charge in [-0.15, -0.1) is 0 Å². The van der Waals surface area contributed by atoms with E-state index in [1.165, 1.54) is 53.7 Å². The van der Waals surface area contributed by atoms with Crippen LogP contribution in [0.3, 0.4) is 0 Å². The van der Waals surface area contributed by atoms with Crippen molar-refractivity contribution in [2.45, 2.75) is 17.5 Å². The molecule has 0 saturated heterocycles. The number of nitrogens with one attached hydrogen (secondary N) is 1. The Hall–Kier alpha value is -4.19. The molecule has 4 rings (SSSR count). The number of primary amides is 1. The SMILES string of the molecule is CS(=O)(=O)c1cc(C(CC(N)=O)NC(=O)c2cncc3c2cnn3-c2ccc(F)cc2)ccn1. The Labute approximate surface area is 193 Å². The molecule has 0 aliphatic rings. The van der Waals surface area contributed by atoms with Gasteiger partial charge < -0.3 is 11.1 Å². The lowest BCUT2D eigenvalue weighted by molar-refractivity contribution is -0.118. The number of sulfone groups is 1. The molecule has 10 nitrogen and oxygen atoms in total. The van der Waals surface area contributed by atoms with Crippen LogP contribution in [0.4, 0.5) is 4.39 Å². The van der Waals surface area contributed by atoms with Gasteiger partial charge in [-0.1, -0.05) is 0 Å². The lowest BCUT2D eigenvalue weighted by Gasteiger charge is -2.18. The van der Waals surface area contributed by atoms with Gasteiger partial charge in [0.1, 0.15) is 5.82 Å². The summed E-state index contributed by atoms with van der Waals surface area (Å²) < 4.78 is 38.6. The highest BCUT2D eigenvalue weighted by atomic mass is 32.2. The number of hydrogen-bond acceptors (Lipinski definition) is 7. The molecule has 0 bridgehead atoms. The highest BCUT2D eigenvalue weighted by Gasteiger charge is 2.22. The van der Waals surface area contributed by atoms with Gasteiger partial charge in [-0.05, 0) is 42.0 Å². The Morgan fingerprint density at radius 1 is 1.15 bits per heavy atom. The number of fused-ring (bicyclic) bond motifs is 1. The molecule has 0 aliphatic heterocycles. The molecule has 174 valence electrons. The first-order chi connectivity index (χ1) is 16.1. The van der Waals surface area contributed by atoms with Crippen molar-refractivity contribution in [3.8, 4) is 5.69 Å². The molecule has 3 N–H and O–H groups in total. The van der Waals surface area contributed by atoms with Crippen molar-refractivity contribution in [3.05, 3.63) is 78.1 Å². The van der Waals surface area contributed by atoms with Crippen molar-refractivity contribution in [1.82, 2.24) is 25.1 Å². The molecule has 34 heavy (non-hydrogen) atoms. The molecular formula is C22H19FN6O4S. The van der Waals surface area contributed by atoms with E-state index in [0.717, 1.165) is 6.26 Å². The number of nitrogens with zero attached hydrogens (tertiary/aromatic N) is 4. The summed E-state index contributed by atoms with van der Waals surface area (Å²) in [7, 11) is -3.61. The van der Waals surface area contributed by atoms with Gasteiger partial charge in [0.15, 0.2) is 14.9 Å². The van der Waals surface area contributed by atoms with Gasteiger partial charge in [-0.3, -0.25) is 14.6 Å². The number of nitrogens with two attached hydrogens (primary N) is 1. The molecule has 0 spiro atoms. The second kappa shape index (κ2) is 8.98. The maximum Gasteiger partial charge on any atom is 0.254 e. The largest absolute Gasteiger partial charge is 0.370 e. The van der Waals surface area contributed by atoms with Crippen molar-refractivity contribution in [2.24, 2.45) is 5.73 Å².